The van der Waals surface area contributed by atoms with Gasteiger partial charge in [0, 0.05) is 127 Å². The Kier molecular flexibility index (Phi) is 23.0. The Morgan fingerprint density at radius 3 is 1.30 bits per heavy atom. The predicted octanol–water partition coefficient (Wildman–Crippen LogP) is 9.30. The molecule has 2 heterocycles. The minimum Gasteiger partial charge on any atom is -0.481 e. The van der Waals surface area contributed by atoms with Crippen LogP contribution in [0.25, 0.3) is 0 Å². The summed E-state index contributed by atoms with van der Waals surface area (Å²) in [5, 5.41) is 32.9. The molecule has 15 nitrogen and oxygen atoms in total. The summed E-state index contributed by atoms with van der Waals surface area (Å²) in [7, 11) is 0. The molecule has 0 unspecified atom stereocenters. The third-order valence-corrected chi connectivity index (χ3v) is 11.4. The molecule has 2 aliphatic rings. The summed E-state index contributed by atoms with van der Waals surface area (Å²) in [6.07, 6.45) is 1.43. The maximum Gasteiger partial charge on any atom is 0.303 e. The van der Waals surface area contributed by atoms with E-state index in [-0.39, 0.29) is 62.0 Å². The highest BCUT2D eigenvalue weighted by Crippen LogP contribution is 2.19. The van der Waals surface area contributed by atoms with E-state index in [9.17, 15) is 39.4 Å². The van der Waals surface area contributed by atoms with Gasteiger partial charge in [0.25, 0.3) is 11.4 Å². The van der Waals surface area contributed by atoms with E-state index < -0.39 is 15.8 Å². The first kappa shape index (κ1) is 54.2. The van der Waals surface area contributed by atoms with Crippen molar-refractivity contribution in [2.24, 2.45) is 0 Å². The predicted molar refractivity (Wildman–Crippen MR) is 258 cm³/mol. The zero-order valence-corrected chi connectivity index (χ0v) is 38.2. The lowest BCUT2D eigenvalue weighted by molar-refractivity contribution is -0.385. The molecule has 0 aromatic heterocycles. The average molecular weight is 909 g/mol. The van der Waals surface area contributed by atoms with Crippen LogP contribution >= 0.6 is 0 Å². The van der Waals surface area contributed by atoms with Crippen LogP contribution in [0, 0.1) is 20.2 Å². The Morgan fingerprint density at radius 1 is 0.561 bits per heavy atom. The Labute approximate surface area is 389 Å². The fourth-order valence-electron chi connectivity index (χ4n) is 7.34. The van der Waals surface area contributed by atoms with Crippen molar-refractivity contribution in [2.45, 2.75) is 98.6 Å². The molecule has 66 heavy (non-hydrogen) atoms. The van der Waals surface area contributed by atoms with Gasteiger partial charge in [-0.05, 0) is 71.2 Å². The monoisotopic (exact) mass is 909 g/mol. The molecule has 2 saturated heterocycles. The first-order chi connectivity index (χ1) is 31.1. The van der Waals surface area contributed by atoms with E-state index >= 15 is 0 Å². The number of non-ortho nitro benzene ring substituents is 2. The Balaban J connectivity index is 0.000000287. The summed E-state index contributed by atoms with van der Waals surface area (Å²) >= 11 is 0. The second-order valence-electron chi connectivity index (χ2n) is 17.0. The van der Waals surface area contributed by atoms with E-state index in [4.69, 9.17) is 5.11 Å². The van der Waals surface area contributed by atoms with Gasteiger partial charge in [0.15, 0.2) is 11.6 Å². The van der Waals surface area contributed by atoms with E-state index in [1.165, 1.54) is 83.9 Å². The molecular weight excluding hydrogens is 841 g/mol. The Hall–Kier alpha value is -6.16. The highest BCUT2D eigenvalue weighted by atomic mass is 16.6. The maximum atomic E-state index is 12.5. The summed E-state index contributed by atoms with van der Waals surface area (Å²) in [6.45, 7) is 18.6. The lowest BCUT2D eigenvalue weighted by Gasteiger charge is -2.35. The quantitative estimate of drug-likeness (QED) is 0.0546. The van der Waals surface area contributed by atoms with E-state index in [0.29, 0.717) is 48.9 Å². The zero-order valence-electron chi connectivity index (χ0n) is 38.2. The minimum atomic E-state index is -0.943. The van der Waals surface area contributed by atoms with Gasteiger partial charge in [-0.3, -0.25) is 49.2 Å². The summed E-state index contributed by atoms with van der Waals surface area (Å²) in [6, 6.07) is 28.7. The number of carboxylic acids is 1. The van der Waals surface area contributed by atoms with Gasteiger partial charge in [0.2, 0.25) is 5.91 Å². The van der Waals surface area contributed by atoms with Crippen LogP contribution in [-0.4, -0.2) is 105 Å². The van der Waals surface area contributed by atoms with E-state index in [0.717, 1.165) is 39.3 Å². The molecule has 6 rings (SSSR count). The number of amides is 1. The van der Waals surface area contributed by atoms with Gasteiger partial charge in [0.1, 0.15) is 0 Å². The molecule has 15 heteroatoms. The van der Waals surface area contributed by atoms with Gasteiger partial charge in [-0.25, -0.2) is 0 Å². The van der Waals surface area contributed by atoms with Gasteiger partial charge >= 0.3 is 5.97 Å². The van der Waals surface area contributed by atoms with Crippen molar-refractivity contribution >= 4 is 34.8 Å². The number of hydrogen-bond acceptors (Lipinski definition) is 11. The summed E-state index contributed by atoms with van der Waals surface area (Å²) in [5.41, 5.74) is 6.19. The lowest BCUT2D eigenvalue weighted by atomic mass is 10.0. The van der Waals surface area contributed by atoms with Gasteiger partial charge in [0.05, 0.1) is 9.85 Å². The lowest BCUT2D eigenvalue weighted by Crippen LogP contribution is -2.48. The maximum absolute atomic E-state index is 12.5. The highest BCUT2D eigenvalue weighted by molar-refractivity contribution is 5.97. The van der Waals surface area contributed by atoms with E-state index in [1.807, 2.05) is 4.90 Å². The van der Waals surface area contributed by atoms with Crippen molar-refractivity contribution in [3.8, 4) is 0 Å². The van der Waals surface area contributed by atoms with Crippen LogP contribution in [-0.2, 0) is 22.7 Å². The normalized spacial score (nSPS) is 13.9. The summed E-state index contributed by atoms with van der Waals surface area (Å²) in [4.78, 5) is 73.4. The molecule has 2 aliphatic heterocycles. The zero-order chi connectivity index (χ0) is 47.3. The number of benzene rings is 4. The molecule has 0 aliphatic carbocycles. The van der Waals surface area contributed by atoms with Crippen LogP contribution in [0.15, 0.2) is 97.1 Å². The SMILES string of the molecule is C.CC(C)c1ccc(CN2CCN(C(=O)CCCC(=O)c3ccc([N+](=O)[O-])cc3)CC2)cc1.CC(C)c1ccc(CN2CCNCC2)cc1.O=C(O)CCCC(=O)c1ccc([N+](=O)[O-])cc1. The van der Waals surface area contributed by atoms with Crippen molar-refractivity contribution < 1.29 is 34.1 Å². The first-order valence-corrected chi connectivity index (χ1v) is 22.5. The topological polar surface area (TPSA) is 197 Å². The average Bonchev–Trinajstić information content (AvgIpc) is 3.30. The number of nitrogens with zero attached hydrogens (tertiary/aromatic N) is 5. The number of nitrogens with one attached hydrogen (secondary N) is 1. The molecule has 0 atom stereocenters. The number of piperazine rings is 2. The number of carboxylic acid groups (broad SMARTS) is 1. The van der Waals surface area contributed by atoms with Crippen LogP contribution in [0.5, 0.6) is 0 Å². The number of aliphatic carboxylic acids is 1. The fraction of sp³-hybridized carbons (Fsp3) is 0.451. The molecular formula is C51H68N6O9. The van der Waals surface area contributed by atoms with E-state index in [1.54, 1.807) is 0 Å². The number of nitro groups is 2. The molecule has 0 bridgehead atoms. The number of carbonyl (C=O) groups excluding carboxylic acids is 3. The molecule has 1 amide bonds. The van der Waals surface area contributed by atoms with Crippen LogP contribution < -0.4 is 5.32 Å². The van der Waals surface area contributed by atoms with Crippen molar-refractivity contribution in [3.05, 3.63) is 151 Å². The molecule has 0 radical (unpaired) electrons. The third-order valence-electron chi connectivity index (χ3n) is 11.4. The van der Waals surface area contributed by atoms with Crippen molar-refractivity contribution in [1.29, 1.82) is 0 Å². The largest absolute Gasteiger partial charge is 0.481 e. The first-order valence-electron chi connectivity index (χ1n) is 22.5. The van der Waals surface area contributed by atoms with Crippen molar-refractivity contribution in [1.82, 2.24) is 20.0 Å². The second-order valence-corrected chi connectivity index (χ2v) is 17.0. The molecule has 356 valence electrons. The smallest absolute Gasteiger partial charge is 0.303 e. The minimum absolute atomic E-state index is 0. The third kappa shape index (κ3) is 18.7. The van der Waals surface area contributed by atoms with Crippen molar-refractivity contribution in [2.75, 3.05) is 52.4 Å². The molecule has 0 saturated carbocycles. The number of hydrogen-bond donors (Lipinski definition) is 2. The van der Waals surface area contributed by atoms with Crippen LogP contribution in [0.4, 0.5) is 11.4 Å². The van der Waals surface area contributed by atoms with Gasteiger partial charge in [-0.15, -0.1) is 0 Å². The molecule has 4 aromatic carbocycles. The van der Waals surface area contributed by atoms with Crippen LogP contribution in [0.3, 0.4) is 0 Å². The van der Waals surface area contributed by atoms with Crippen LogP contribution in [0.1, 0.15) is 128 Å². The highest BCUT2D eigenvalue weighted by Gasteiger charge is 2.21. The Morgan fingerprint density at radius 2 is 0.939 bits per heavy atom. The number of rotatable bonds is 18. The molecule has 0 spiro atoms. The number of ketones is 2. The number of Topliss-reactive ketones (excluding diaryl/α,β-unsaturated/α-hetero) is 2. The van der Waals surface area contributed by atoms with Gasteiger partial charge in [-0.1, -0.05) is 83.7 Å². The summed E-state index contributed by atoms with van der Waals surface area (Å²) in [5.74, 6) is 0.00218. The standard InChI is InChI=1S/C25H31N3O4.C14H22N2.C11H11NO5.CH4/c1-19(2)21-8-6-20(7-9-21)18-26-14-16-27(17-15-26)25(30)5-3-4-24(29)22-10-12-23(13-11-22)28(31)32;1-12(2)14-5-3-13(4-6-14)11-16-9-7-15-8-10-16;13-10(2-1-3-11(14)15)8-4-6-9(7-5-8)12(16)17;/h6-13,19H,3-5,14-18H2,1-2H3;3-6,12,15H,7-11H2,1-2H3;4-7H,1-3H2,(H,14,15);1H4. The number of nitro benzene ring substituents is 2. The second kappa shape index (κ2) is 28.0. The van der Waals surface area contributed by atoms with Gasteiger partial charge in [-0.2, -0.15) is 0 Å². The molecule has 2 N–H and O–H groups in total. The summed E-state index contributed by atoms with van der Waals surface area (Å²) < 4.78 is 0. The Bertz CT molecular complexity index is 2150. The van der Waals surface area contributed by atoms with Gasteiger partial charge < -0.3 is 15.3 Å². The molecule has 4 aromatic rings. The van der Waals surface area contributed by atoms with E-state index in [2.05, 4.69) is 91.3 Å². The van der Waals surface area contributed by atoms with Crippen LogP contribution in [0.2, 0.25) is 0 Å². The van der Waals surface area contributed by atoms with Crippen molar-refractivity contribution in [3.63, 3.8) is 0 Å². The number of carbonyl (C=O) groups is 4. The molecule has 2 fully saturated rings. The fourth-order valence-corrected chi connectivity index (χ4v) is 7.34.